The molecule has 2 amide bonds. The second-order valence-corrected chi connectivity index (χ2v) is 6.74. The molecule has 1 saturated carbocycles. The lowest BCUT2D eigenvalue weighted by Crippen LogP contribution is -2.45. The molecule has 1 aromatic heterocycles. The van der Waals surface area contributed by atoms with Crippen LogP contribution in [0.1, 0.15) is 49.8 Å². The lowest BCUT2D eigenvalue weighted by molar-refractivity contribution is -0.00860. The molecule has 5 nitrogen and oxygen atoms in total. The summed E-state index contributed by atoms with van der Waals surface area (Å²) >= 11 is 0. The van der Waals surface area contributed by atoms with E-state index in [1.807, 2.05) is 13.0 Å². The monoisotopic (exact) mass is 306 g/mol. The van der Waals surface area contributed by atoms with Gasteiger partial charge in [0.1, 0.15) is 5.76 Å². The van der Waals surface area contributed by atoms with Gasteiger partial charge in [0.15, 0.2) is 0 Å². The van der Waals surface area contributed by atoms with E-state index < -0.39 is 0 Å². The fourth-order valence-corrected chi connectivity index (χ4v) is 3.66. The number of furan rings is 1. The fourth-order valence-electron chi connectivity index (χ4n) is 3.66. The van der Waals surface area contributed by atoms with Crippen LogP contribution in [0.3, 0.4) is 0 Å². The maximum Gasteiger partial charge on any atom is 0.315 e. The van der Waals surface area contributed by atoms with E-state index >= 15 is 0 Å². The van der Waals surface area contributed by atoms with Gasteiger partial charge in [0.05, 0.1) is 12.8 Å². The molecule has 5 heteroatoms. The van der Waals surface area contributed by atoms with Gasteiger partial charge in [-0.1, -0.05) is 0 Å². The summed E-state index contributed by atoms with van der Waals surface area (Å²) in [6, 6.07) is 2.11. The van der Waals surface area contributed by atoms with Gasteiger partial charge in [0.2, 0.25) is 0 Å². The van der Waals surface area contributed by atoms with E-state index in [2.05, 4.69) is 10.6 Å². The lowest BCUT2D eigenvalue weighted by atomic mass is 9.68. The summed E-state index contributed by atoms with van der Waals surface area (Å²) in [4.78, 5) is 12.0. The predicted molar refractivity (Wildman–Crippen MR) is 83.6 cm³/mol. The van der Waals surface area contributed by atoms with Crippen molar-refractivity contribution in [2.45, 2.75) is 58.0 Å². The Labute approximate surface area is 131 Å². The molecular weight excluding hydrogens is 280 g/mol. The van der Waals surface area contributed by atoms with Crippen molar-refractivity contribution in [3.63, 3.8) is 0 Å². The number of nitrogens with one attached hydrogen (secondary N) is 2. The zero-order chi connectivity index (χ0) is 15.4. The van der Waals surface area contributed by atoms with Crippen LogP contribution in [0.2, 0.25) is 0 Å². The number of carbonyl (C=O) groups excluding carboxylic acids is 1. The van der Waals surface area contributed by atoms with Crippen molar-refractivity contribution < 1.29 is 13.9 Å². The highest BCUT2D eigenvalue weighted by Gasteiger charge is 2.36. The highest BCUT2D eigenvalue weighted by atomic mass is 16.5. The minimum Gasteiger partial charge on any atom is -0.467 e. The highest BCUT2D eigenvalue weighted by Crippen LogP contribution is 2.43. The maximum atomic E-state index is 12.0. The molecule has 0 radical (unpaired) electrons. The Morgan fingerprint density at radius 2 is 2.00 bits per heavy atom. The molecule has 2 N–H and O–H groups in total. The van der Waals surface area contributed by atoms with Crippen LogP contribution in [-0.4, -0.2) is 25.3 Å². The number of urea groups is 1. The number of hydrogen-bond donors (Lipinski definition) is 2. The third-order valence-electron chi connectivity index (χ3n) is 5.31. The average Bonchev–Trinajstić information content (AvgIpc) is 2.94. The van der Waals surface area contributed by atoms with Crippen LogP contribution < -0.4 is 10.6 Å². The molecular formula is C17H26N2O3. The number of amides is 2. The van der Waals surface area contributed by atoms with Gasteiger partial charge in [-0.2, -0.15) is 0 Å². The molecule has 1 aliphatic carbocycles. The number of aryl methyl sites for hydroxylation is 1. The minimum atomic E-state index is -0.0938. The zero-order valence-corrected chi connectivity index (χ0v) is 13.3. The van der Waals surface area contributed by atoms with Crippen LogP contribution in [0.4, 0.5) is 4.79 Å². The number of rotatable bonds is 3. The normalized spacial score (nSPS) is 21.7. The topological polar surface area (TPSA) is 63.5 Å². The largest absolute Gasteiger partial charge is 0.467 e. The van der Waals surface area contributed by atoms with Crippen molar-refractivity contribution >= 4 is 6.03 Å². The molecule has 1 aromatic rings. The van der Waals surface area contributed by atoms with E-state index in [4.69, 9.17) is 9.15 Å². The fraction of sp³-hybridized carbons (Fsp3) is 0.706. The Morgan fingerprint density at radius 3 is 2.64 bits per heavy atom. The molecule has 3 rings (SSSR count). The van der Waals surface area contributed by atoms with Crippen molar-refractivity contribution in [2.75, 3.05) is 13.2 Å². The Morgan fingerprint density at radius 1 is 1.27 bits per heavy atom. The highest BCUT2D eigenvalue weighted by molar-refractivity contribution is 5.74. The second-order valence-electron chi connectivity index (χ2n) is 6.74. The summed E-state index contributed by atoms with van der Waals surface area (Å²) in [6.45, 7) is 4.23. The Kier molecular flexibility index (Phi) is 4.71. The first-order valence-corrected chi connectivity index (χ1v) is 8.32. The van der Waals surface area contributed by atoms with Crippen LogP contribution in [0.5, 0.6) is 0 Å². The Hall–Kier alpha value is -1.49. The van der Waals surface area contributed by atoms with Crippen molar-refractivity contribution in [1.29, 1.82) is 0 Å². The van der Waals surface area contributed by atoms with Gasteiger partial charge < -0.3 is 19.8 Å². The van der Waals surface area contributed by atoms with Crippen LogP contribution in [-0.2, 0) is 11.3 Å². The molecule has 0 atom stereocenters. The molecule has 0 bridgehead atoms. The first-order valence-electron chi connectivity index (χ1n) is 8.32. The van der Waals surface area contributed by atoms with Gasteiger partial charge in [0, 0.05) is 19.3 Å². The first kappa shape index (κ1) is 15.4. The van der Waals surface area contributed by atoms with Crippen LogP contribution >= 0.6 is 0 Å². The SMILES string of the molecule is Cc1ccoc1CNC(=O)NC1CCC2(CCOCC2)CC1. The van der Waals surface area contributed by atoms with E-state index in [1.165, 1.54) is 25.7 Å². The number of ether oxygens (including phenoxy) is 1. The van der Waals surface area contributed by atoms with Crippen molar-refractivity contribution in [1.82, 2.24) is 10.6 Å². The first-order chi connectivity index (χ1) is 10.7. The summed E-state index contributed by atoms with van der Waals surface area (Å²) in [5.74, 6) is 0.819. The Bertz CT molecular complexity index is 496. The summed E-state index contributed by atoms with van der Waals surface area (Å²) in [6.07, 6.45) is 8.59. The van der Waals surface area contributed by atoms with Crippen molar-refractivity contribution in [3.8, 4) is 0 Å². The second kappa shape index (κ2) is 6.73. The van der Waals surface area contributed by atoms with Gasteiger partial charge in [-0.3, -0.25) is 0 Å². The molecule has 2 heterocycles. The van der Waals surface area contributed by atoms with E-state index in [9.17, 15) is 4.79 Å². The smallest absolute Gasteiger partial charge is 0.315 e. The molecule has 1 spiro atoms. The van der Waals surface area contributed by atoms with Gasteiger partial charge in [0.25, 0.3) is 0 Å². The molecule has 22 heavy (non-hydrogen) atoms. The van der Waals surface area contributed by atoms with E-state index in [0.29, 0.717) is 18.0 Å². The summed E-state index contributed by atoms with van der Waals surface area (Å²) in [7, 11) is 0. The summed E-state index contributed by atoms with van der Waals surface area (Å²) in [5.41, 5.74) is 1.55. The Balaban J connectivity index is 1.40. The van der Waals surface area contributed by atoms with Crippen LogP contribution in [0.25, 0.3) is 0 Å². The average molecular weight is 306 g/mol. The molecule has 122 valence electrons. The van der Waals surface area contributed by atoms with E-state index in [-0.39, 0.29) is 6.03 Å². The van der Waals surface area contributed by atoms with E-state index in [1.54, 1.807) is 6.26 Å². The molecule has 1 aliphatic heterocycles. The third-order valence-corrected chi connectivity index (χ3v) is 5.31. The van der Waals surface area contributed by atoms with Crippen molar-refractivity contribution in [3.05, 3.63) is 23.7 Å². The predicted octanol–water partition coefficient (Wildman–Crippen LogP) is 3.13. The molecule has 2 aliphatic rings. The molecule has 1 saturated heterocycles. The van der Waals surface area contributed by atoms with Gasteiger partial charge in [-0.05, 0) is 62.5 Å². The van der Waals surface area contributed by atoms with Crippen LogP contribution in [0, 0.1) is 12.3 Å². The van der Waals surface area contributed by atoms with E-state index in [0.717, 1.165) is 37.4 Å². The molecule has 2 fully saturated rings. The zero-order valence-electron chi connectivity index (χ0n) is 13.3. The number of hydrogen-bond acceptors (Lipinski definition) is 3. The molecule has 0 aromatic carbocycles. The lowest BCUT2D eigenvalue weighted by Gasteiger charge is -2.42. The summed E-state index contributed by atoms with van der Waals surface area (Å²) in [5, 5.41) is 5.98. The maximum absolute atomic E-state index is 12.0. The summed E-state index contributed by atoms with van der Waals surface area (Å²) < 4.78 is 10.8. The molecule has 0 unspecified atom stereocenters. The third kappa shape index (κ3) is 3.64. The minimum absolute atomic E-state index is 0.0938. The van der Waals surface area contributed by atoms with Crippen molar-refractivity contribution in [2.24, 2.45) is 5.41 Å². The van der Waals surface area contributed by atoms with Gasteiger partial charge in [-0.15, -0.1) is 0 Å². The number of carbonyl (C=O) groups is 1. The van der Waals surface area contributed by atoms with Crippen LogP contribution in [0.15, 0.2) is 16.7 Å². The standard InChI is InChI=1S/C17H26N2O3/c1-13-4-9-22-15(13)12-18-16(20)19-14-2-5-17(6-3-14)7-10-21-11-8-17/h4,9,14H,2-3,5-8,10-12H2,1H3,(H2,18,19,20). The quantitative estimate of drug-likeness (QED) is 0.902. The van der Waals surface area contributed by atoms with Gasteiger partial charge in [-0.25, -0.2) is 4.79 Å². The van der Waals surface area contributed by atoms with Gasteiger partial charge >= 0.3 is 6.03 Å².